The van der Waals surface area contributed by atoms with E-state index in [2.05, 4.69) is 36.7 Å². The molecule has 17 heavy (non-hydrogen) atoms. The topological polar surface area (TPSA) is 26.0 Å². The quantitative estimate of drug-likeness (QED) is 0.882. The number of aryl methyl sites for hydroxylation is 1. The highest BCUT2D eigenvalue weighted by atomic mass is 79.9. The fraction of sp³-hybridized carbons (Fsp3) is 0.571. The first-order valence-electron chi connectivity index (χ1n) is 6.00. The van der Waals surface area contributed by atoms with Gasteiger partial charge in [0.05, 0.1) is 0 Å². The van der Waals surface area contributed by atoms with Crippen molar-refractivity contribution >= 4 is 15.9 Å². The predicted octanol–water partition coefficient (Wildman–Crippen LogP) is 4.28. The molecule has 0 heterocycles. The molecule has 0 aliphatic rings. The minimum Gasteiger partial charge on any atom is -0.327 e. The molecular formula is C14H21BrFN. The van der Waals surface area contributed by atoms with Crippen LogP contribution in [-0.4, -0.2) is 6.04 Å². The number of hydrogen-bond acceptors (Lipinski definition) is 1. The van der Waals surface area contributed by atoms with Crippen LogP contribution in [0.1, 0.15) is 39.2 Å². The van der Waals surface area contributed by atoms with Gasteiger partial charge in [0.15, 0.2) is 0 Å². The molecule has 96 valence electrons. The van der Waals surface area contributed by atoms with Crippen molar-refractivity contribution in [3.63, 3.8) is 0 Å². The summed E-state index contributed by atoms with van der Waals surface area (Å²) in [5, 5.41) is 0. The average Bonchev–Trinajstić information content (AvgIpc) is 2.19. The molecule has 0 bridgehead atoms. The van der Waals surface area contributed by atoms with E-state index in [1.807, 2.05) is 12.1 Å². The van der Waals surface area contributed by atoms with Crippen molar-refractivity contribution in [3.8, 4) is 0 Å². The fourth-order valence-electron chi connectivity index (χ4n) is 1.67. The summed E-state index contributed by atoms with van der Waals surface area (Å²) in [6, 6.07) is 5.39. The van der Waals surface area contributed by atoms with Gasteiger partial charge in [0.1, 0.15) is 5.82 Å². The molecule has 1 aromatic carbocycles. The maximum absolute atomic E-state index is 13.5. The zero-order valence-corrected chi connectivity index (χ0v) is 12.3. The molecule has 0 fully saturated rings. The highest BCUT2D eigenvalue weighted by Crippen LogP contribution is 2.22. The Bertz CT molecular complexity index is 371. The van der Waals surface area contributed by atoms with Crippen molar-refractivity contribution in [3.05, 3.63) is 34.1 Å². The Labute approximate surface area is 112 Å². The molecule has 1 aromatic rings. The summed E-state index contributed by atoms with van der Waals surface area (Å²) in [5.74, 6) is -0.135. The Balaban J connectivity index is 2.46. The lowest BCUT2D eigenvalue weighted by molar-refractivity contribution is 0.301. The normalized spacial score (nSPS) is 13.8. The standard InChI is InChI=1S/C14H21BrFN/c1-14(2,3)13(17)6-4-5-10-7-8-11(15)9-12(10)16/h7-9,13H,4-6,17H2,1-3H3. The van der Waals surface area contributed by atoms with Gasteiger partial charge in [-0.2, -0.15) is 0 Å². The summed E-state index contributed by atoms with van der Waals surface area (Å²) in [6.07, 6.45) is 2.61. The summed E-state index contributed by atoms with van der Waals surface area (Å²) in [7, 11) is 0. The van der Waals surface area contributed by atoms with E-state index in [1.165, 1.54) is 6.07 Å². The number of rotatable bonds is 4. The maximum atomic E-state index is 13.5. The molecule has 0 saturated carbocycles. The molecule has 0 aliphatic heterocycles. The van der Waals surface area contributed by atoms with Crippen molar-refractivity contribution in [2.45, 2.75) is 46.1 Å². The zero-order valence-electron chi connectivity index (χ0n) is 10.8. The van der Waals surface area contributed by atoms with Gasteiger partial charge in [0.25, 0.3) is 0 Å². The van der Waals surface area contributed by atoms with Gasteiger partial charge in [-0.15, -0.1) is 0 Å². The summed E-state index contributed by atoms with van der Waals surface area (Å²) < 4.78 is 14.3. The van der Waals surface area contributed by atoms with Gasteiger partial charge in [-0.3, -0.25) is 0 Å². The SMILES string of the molecule is CC(C)(C)C(N)CCCc1ccc(Br)cc1F. The average molecular weight is 302 g/mol. The minimum absolute atomic E-state index is 0.123. The van der Waals surface area contributed by atoms with E-state index in [9.17, 15) is 4.39 Å². The third-order valence-electron chi connectivity index (χ3n) is 3.09. The first-order chi connectivity index (χ1) is 7.80. The van der Waals surface area contributed by atoms with Crippen molar-refractivity contribution in [2.75, 3.05) is 0 Å². The Morgan fingerprint density at radius 3 is 2.53 bits per heavy atom. The zero-order chi connectivity index (χ0) is 13.1. The van der Waals surface area contributed by atoms with Crippen LogP contribution in [0.15, 0.2) is 22.7 Å². The third kappa shape index (κ3) is 4.76. The Kier molecular flexibility index (Phi) is 5.14. The molecule has 0 spiro atoms. The summed E-state index contributed by atoms with van der Waals surface area (Å²) in [5.41, 5.74) is 6.97. The Morgan fingerprint density at radius 1 is 1.35 bits per heavy atom. The monoisotopic (exact) mass is 301 g/mol. The third-order valence-corrected chi connectivity index (χ3v) is 3.58. The number of benzene rings is 1. The predicted molar refractivity (Wildman–Crippen MR) is 74.5 cm³/mol. The van der Waals surface area contributed by atoms with Crippen LogP contribution in [0, 0.1) is 11.2 Å². The maximum Gasteiger partial charge on any atom is 0.127 e. The van der Waals surface area contributed by atoms with E-state index >= 15 is 0 Å². The van der Waals surface area contributed by atoms with Crippen LogP contribution in [-0.2, 0) is 6.42 Å². The largest absolute Gasteiger partial charge is 0.327 e. The van der Waals surface area contributed by atoms with Crippen molar-refractivity contribution < 1.29 is 4.39 Å². The second kappa shape index (κ2) is 5.96. The molecule has 1 rings (SSSR count). The highest BCUT2D eigenvalue weighted by Gasteiger charge is 2.19. The van der Waals surface area contributed by atoms with Gasteiger partial charge in [-0.1, -0.05) is 42.8 Å². The van der Waals surface area contributed by atoms with Crippen LogP contribution >= 0.6 is 15.9 Å². The molecule has 0 amide bonds. The van der Waals surface area contributed by atoms with Gasteiger partial charge in [0, 0.05) is 10.5 Å². The van der Waals surface area contributed by atoms with Crippen LogP contribution in [0.4, 0.5) is 4.39 Å². The van der Waals surface area contributed by atoms with Crippen LogP contribution in [0.2, 0.25) is 0 Å². The number of nitrogens with two attached hydrogens (primary N) is 1. The van der Waals surface area contributed by atoms with E-state index in [0.717, 1.165) is 29.3 Å². The molecular weight excluding hydrogens is 281 g/mol. The van der Waals surface area contributed by atoms with Gasteiger partial charge < -0.3 is 5.73 Å². The first-order valence-corrected chi connectivity index (χ1v) is 6.79. The van der Waals surface area contributed by atoms with Crippen LogP contribution in [0.3, 0.4) is 0 Å². The van der Waals surface area contributed by atoms with E-state index in [1.54, 1.807) is 0 Å². The minimum atomic E-state index is -0.135. The molecule has 3 heteroatoms. The van der Waals surface area contributed by atoms with Crippen molar-refractivity contribution in [1.29, 1.82) is 0 Å². The van der Waals surface area contributed by atoms with Gasteiger partial charge in [0.2, 0.25) is 0 Å². The molecule has 1 nitrogen and oxygen atoms in total. The van der Waals surface area contributed by atoms with Crippen LogP contribution in [0.5, 0.6) is 0 Å². The van der Waals surface area contributed by atoms with E-state index in [4.69, 9.17) is 5.73 Å². The fourth-order valence-corrected chi connectivity index (χ4v) is 2.00. The smallest absolute Gasteiger partial charge is 0.127 e. The van der Waals surface area contributed by atoms with Gasteiger partial charge in [-0.05, 0) is 42.4 Å². The van der Waals surface area contributed by atoms with Gasteiger partial charge in [-0.25, -0.2) is 4.39 Å². The summed E-state index contributed by atoms with van der Waals surface area (Å²) >= 11 is 3.25. The van der Waals surface area contributed by atoms with Crippen molar-refractivity contribution in [1.82, 2.24) is 0 Å². The van der Waals surface area contributed by atoms with E-state index in [0.29, 0.717) is 0 Å². The molecule has 0 saturated heterocycles. The van der Waals surface area contributed by atoms with Gasteiger partial charge >= 0.3 is 0 Å². The second-order valence-electron chi connectivity index (χ2n) is 5.60. The summed E-state index contributed by atoms with van der Waals surface area (Å²) in [4.78, 5) is 0. The van der Waals surface area contributed by atoms with Crippen LogP contribution in [0.25, 0.3) is 0 Å². The lowest BCUT2D eigenvalue weighted by atomic mass is 9.84. The second-order valence-corrected chi connectivity index (χ2v) is 6.52. The number of halogens is 2. The van der Waals surface area contributed by atoms with E-state index in [-0.39, 0.29) is 17.3 Å². The lowest BCUT2D eigenvalue weighted by Crippen LogP contribution is -2.34. The highest BCUT2D eigenvalue weighted by molar-refractivity contribution is 9.10. The Morgan fingerprint density at radius 2 is 2.00 bits per heavy atom. The van der Waals surface area contributed by atoms with Crippen molar-refractivity contribution in [2.24, 2.45) is 11.1 Å². The number of hydrogen-bond donors (Lipinski definition) is 1. The molecule has 0 aromatic heterocycles. The summed E-state index contributed by atoms with van der Waals surface area (Å²) in [6.45, 7) is 6.41. The van der Waals surface area contributed by atoms with Crippen LogP contribution < -0.4 is 5.73 Å². The Hall–Kier alpha value is -0.410. The molecule has 2 N–H and O–H groups in total. The first kappa shape index (κ1) is 14.7. The van der Waals surface area contributed by atoms with E-state index < -0.39 is 0 Å². The molecule has 0 radical (unpaired) electrons. The molecule has 1 unspecified atom stereocenters. The molecule has 0 aliphatic carbocycles. The lowest BCUT2D eigenvalue weighted by Gasteiger charge is -2.26. The molecule has 1 atom stereocenters.